The van der Waals surface area contributed by atoms with Crippen LogP contribution in [0.4, 0.5) is 4.79 Å². The minimum atomic E-state index is -1.86. The molecule has 29 atom stereocenters. The van der Waals surface area contributed by atoms with Crippen molar-refractivity contribution < 1.29 is 112 Å². The topological polar surface area (TPSA) is 325 Å². The Morgan fingerprint density at radius 2 is 1.31 bits per heavy atom. The molecule has 2 saturated carbocycles. The summed E-state index contributed by atoms with van der Waals surface area (Å²) in [5, 5.41) is 70.5. The van der Waals surface area contributed by atoms with Crippen LogP contribution in [0, 0.1) is 40.9 Å². The Hall–Kier alpha value is -4.00. The summed E-state index contributed by atoms with van der Waals surface area (Å²) in [4.78, 5) is 55.3. The molecule has 10 rings (SSSR count). The summed E-state index contributed by atoms with van der Waals surface area (Å²) in [6.45, 7) is 21.7. The Balaban J connectivity index is 0.888. The largest absolute Gasteiger partial charge is 0.511 e. The molecular weight excluding hydrogens is 1190 g/mol. The Morgan fingerprint density at radius 3 is 1.98 bits per heavy atom. The Bertz CT molecular complexity index is 2750. The number of hydroxylamine groups is 2. The molecule has 25 nitrogen and oxygen atoms in total. The molecule has 25 heteroatoms. The number of aliphatic hydroxyl groups is 4. The highest BCUT2D eigenvalue weighted by Gasteiger charge is 2.65. The first-order chi connectivity index (χ1) is 43.0. The number of nitrogens with zero attached hydrogens (tertiary/aromatic N) is 1. The number of carbonyl (C=O) groups is 4. The van der Waals surface area contributed by atoms with Crippen molar-refractivity contribution in [2.45, 2.75) is 294 Å². The molecule has 512 valence electrons. The third kappa shape index (κ3) is 13.9. The molecule has 6 saturated heterocycles. The van der Waals surface area contributed by atoms with Crippen molar-refractivity contribution in [3.8, 4) is 0 Å². The maximum Gasteiger partial charge on any atom is 0.407 e. The van der Waals surface area contributed by atoms with Gasteiger partial charge in [-0.3, -0.25) is 20.0 Å². The van der Waals surface area contributed by atoms with E-state index in [0.717, 1.165) is 5.57 Å². The summed E-state index contributed by atoms with van der Waals surface area (Å²) < 4.78 is 81.9. The lowest BCUT2D eigenvalue weighted by atomic mass is 9.49. The minimum absolute atomic E-state index is 0.0411. The van der Waals surface area contributed by atoms with Crippen LogP contribution in [0.5, 0.6) is 0 Å². The van der Waals surface area contributed by atoms with E-state index in [1.54, 1.807) is 40.7 Å². The van der Waals surface area contributed by atoms with Crippen LogP contribution in [0.3, 0.4) is 0 Å². The standard InChI is InChI=1S/C66H100N2O23/c1-30-16-20-46(86-53-29-64(11,68(77)78)59(38(9)84-53)67-63(76)79-13)31(2)26-42-44(71)15-14-24-66(42)61(74)54(62(75)91-66)60(73)65(12)41(30)18-17-40-55(65)32(3)25-33(4)56(40)90-52-28-48(58(37(8)83-52)85-39(10)69)88-49-23-21-47(35(6)81-49)87-51-27-45(72)57(36(7)82-51)89-50-22-19-43(70)34(5)80-50/h16-18,26,32-38,40-53,55-59,70-73,77-78H,14-15,19-25,27-29H2,1-13H3,(H,67,76). The number of Topliss-reactive ketones (excluding diaryl/α,β-unsaturated/α-hetero) is 1. The molecule has 10 aliphatic rings. The van der Waals surface area contributed by atoms with E-state index in [1.807, 2.05) is 39.8 Å². The highest BCUT2D eigenvalue weighted by atomic mass is 16.8. The molecule has 0 aromatic heterocycles. The smallest absolute Gasteiger partial charge is 0.407 e. The molecule has 29 unspecified atom stereocenters. The number of nitrogens with one attached hydrogen (secondary N) is 1. The van der Waals surface area contributed by atoms with Crippen LogP contribution in [0.1, 0.15) is 160 Å². The van der Waals surface area contributed by atoms with Gasteiger partial charge in [0.1, 0.15) is 23.5 Å². The second-order valence-electron chi connectivity index (χ2n) is 28.2. The van der Waals surface area contributed by atoms with Crippen LogP contribution in [-0.4, -0.2) is 201 Å². The second-order valence-corrected chi connectivity index (χ2v) is 28.2. The third-order valence-corrected chi connectivity index (χ3v) is 21.8. The van der Waals surface area contributed by atoms with E-state index in [2.05, 4.69) is 25.2 Å². The summed E-state index contributed by atoms with van der Waals surface area (Å²) >= 11 is 0. The fourth-order valence-electron chi connectivity index (χ4n) is 17.1. The first-order valence-corrected chi connectivity index (χ1v) is 33.0. The van der Waals surface area contributed by atoms with Crippen LogP contribution >= 0.6 is 0 Å². The normalized spacial score (nSPS) is 47.2. The number of rotatable bonds is 13. The van der Waals surface area contributed by atoms with Crippen LogP contribution < -0.4 is 5.32 Å². The fourth-order valence-corrected chi connectivity index (χ4v) is 17.1. The maximum atomic E-state index is 15.5. The predicted octanol–water partition coefficient (Wildman–Crippen LogP) is 6.82. The SMILES string of the molecule is COC(=O)NC1C(C)OC(OC2CC=C(C)C3C=CC4C(OC5CC(OC6CCC(OC7CC(O)C(OC8CCC(O)C(C)O8)C(C)O7)C(C)O6)C(OC(C)=O)C(C)O5)C(C)CC(C)C4C3(C)C(O)=C3C(=O)OC4(CCCC(O)C4C=C2C)C3=O)CC1(C)N(O)O. The van der Waals surface area contributed by atoms with Gasteiger partial charge in [0.25, 0.3) is 0 Å². The molecule has 0 aromatic rings. The second kappa shape index (κ2) is 28.0. The van der Waals surface area contributed by atoms with Gasteiger partial charge in [-0.25, -0.2) is 9.59 Å². The van der Waals surface area contributed by atoms with Crippen molar-refractivity contribution in [2.75, 3.05) is 7.11 Å². The molecule has 1 spiro atoms. The lowest BCUT2D eigenvalue weighted by molar-refractivity contribution is -0.390. The average molecular weight is 1290 g/mol. The van der Waals surface area contributed by atoms with E-state index in [0.29, 0.717) is 50.5 Å². The van der Waals surface area contributed by atoms with E-state index < -0.39 is 192 Å². The lowest BCUT2D eigenvalue weighted by Gasteiger charge is -2.56. The van der Waals surface area contributed by atoms with Gasteiger partial charge in [0, 0.05) is 56.3 Å². The third-order valence-electron chi connectivity index (χ3n) is 21.8. The van der Waals surface area contributed by atoms with E-state index in [-0.39, 0.29) is 55.3 Å². The van der Waals surface area contributed by atoms with Gasteiger partial charge in [0.05, 0.1) is 91.8 Å². The fraction of sp³-hybridized carbons (Fsp3) is 0.818. The van der Waals surface area contributed by atoms with Crippen LogP contribution in [0.15, 0.2) is 46.8 Å². The number of allylic oxidation sites excluding steroid dienone is 3. The molecule has 6 aliphatic heterocycles. The van der Waals surface area contributed by atoms with Crippen molar-refractivity contribution in [3.63, 3.8) is 0 Å². The summed E-state index contributed by atoms with van der Waals surface area (Å²) in [6, 6.07) is -0.961. The summed E-state index contributed by atoms with van der Waals surface area (Å²) in [6.07, 6.45) is -2.74. The van der Waals surface area contributed by atoms with Crippen molar-refractivity contribution in [2.24, 2.45) is 40.9 Å². The summed E-state index contributed by atoms with van der Waals surface area (Å²) in [5.74, 6) is -5.33. The van der Waals surface area contributed by atoms with Crippen LogP contribution in [-0.2, 0) is 76.0 Å². The number of hydrogen-bond acceptors (Lipinski definition) is 24. The van der Waals surface area contributed by atoms with Gasteiger partial charge in [-0.05, 0) is 124 Å². The summed E-state index contributed by atoms with van der Waals surface area (Å²) in [7, 11) is 1.20. The van der Waals surface area contributed by atoms with Gasteiger partial charge in [0.15, 0.2) is 43.2 Å². The molecule has 1 amide bonds. The van der Waals surface area contributed by atoms with Gasteiger partial charge in [-0.2, -0.15) is 0 Å². The van der Waals surface area contributed by atoms with Crippen LogP contribution in [0.25, 0.3) is 0 Å². The van der Waals surface area contributed by atoms with E-state index in [1.165, 1.54) is 14.0 Å². The highest BCUT2D eigenvalue weighted by molar-refractivity contribution is 6.26. The van der Waals surface area contributed by atoms with E-state index in [4.69, 9.17) is 61.6 Å². The monoisotopic (exact) mass is 1290 g/mol. The lowest BCUT2D eigenvalue weighted by Crippen LogP contribution is -2.68. The molecule has 4 aliphatic carbocycles. The number of alkyl carbamates (subject to hydrolysis) is 1. The average Bonchev–Trinajstić information content (AvgIpc) is 1.69. The molecule has 8 fully saturated rings. The number of amides is 1. The number of methoxy groups -OCH3 is 1. The molecule has 91 heavy (non-hydrogen) atoms. The van der Waals surface area contributed by atoms with Crippen molar-refractivity contribution in [3.05, 3.63) is 46.8 Å². The Labute approximate surface area is 533 Å². The summed E-state index contributed by atoms with van der Waals surface area (Å²) in [5.41, 5.74) is -3.82. The Morgan fingerprint density at radius 1 is 0.670 bits per heavy atom. The van der Waals surface area contributed by atoms with Gasteiger partial charge in [0.2, 0.25) is 5.78 Å². The number of fused-ring (bicyclic) bond motifs is 4. The molecule has 7 N–H and O–H groups in total. The maximum absolute atomic E-state index is 15.5. The molecule has 0 aromatic carbocycles. The molecule has 6 heterocycles. The van der Waals surface area contributed by atoms with E-state index in [9.17, 15) is 45.2 Å². The van der Waals surface area contributed by atoms with Crippen molar-refractivity contribution in [1.29, 1.82) is 0 Å². The number of esters is 2. The predicted molar refractivity (Wildman–Crippen MR) is 319 cm³/mol. The van der Waals surface area contributed by atoms with Gasteiger partial charge in [-0.15, -0.1) is 0 Å². The number of ketones is 1. The van der Waals surface area contributed by atoms with Crippen molar-refractivity contribution >= 4 is 23.8 Å². The number of aliphatic hydroxyl groups excluding tert-OH is 4. The van der Waals surface area contributed by atoms with Gasteiger partial charge < -0.3 is 87.3 Å². The quantitative estimate of drug-likeness (QED) is 0.0327. The van der Waals surface area contributed by atoms with Crippen LogP contribution in [0.2, 0.25) is 0 Å². The molecule has 2 bridgehead atoms. The zero-order valence-electron chi connectivity index (χ0n) is 54.9. The Kier molecular flexibility index (Phi) is 21.5. The highest BCUT2D eigenvalue weighted by Crippen LogP contribution is 2.61. The zero-order chi connectivity index (χ0) is 65.9. The molecular formula is C66H100N2O23. The number of hydrogen-bond donors (Lipinski definition) is 7. The van der Waals surface area contributed by atoms with E-state index >= 15 is 4.79 Å². The minimum Gasteiger partial charge on any atom is -0.511 e. The van der Waals surface area contributed by atoms with Gasteiger partial charge >= 0.3 is 18.0 Å². The zero-order valence-corrected chi connectivity index (χ0v) is 54.9. The number of ether oxygens (including phenoxy) is 13. The first kappa shape index (κ1) is 69.8. The van der Waals surface area contributed by atoms with Gasteiger partial charge in [-0.1, -0.05) is 55.9 Å². The first-order valence-electron chi connectivity index (χ1n) is 33.0. The van der Waals surface area contributed by atoms with Crippen molar-refractivity contribution in [1.82, 2.24) is 10.5 Å². The number of carbonyl (C=O) groups excluding carboxylic acids is 4. The molecule has 0 radical (unpaired) electrons.